The van der Waals surface area contributed by atoms with Gasteiger partial charge >= 0.3 is 0 Å². The molecule has 1 aliphatic heterocycles. The summed E-state index contributed by atoms with van der Waals surface area (Å²) in [5, 5.41) is 2.88. The Morgan fingerprint density at radius 3 is 3.12 bits per heavy atom. The summed E-state index contributed by atoms with van der Waals surface area (Å²) in [6.07, 6.45) is 2.38. The van der Waals surface area contributed by atoms with Crippen molar-refractivity contribution in [3.8, 4) is 5.75 Å². The van der Waals surface area contributed by atoms with E-state index in [4.69, 9.17) is 9.47 Å². The fraction of sp³-hybridized carbons (Fsp3) is 0.333. The molecule has 5 heteroatoms. The van der Waals surface area contributed by atoms with Crippen LogP contribution in [0.3, 0.4) is 0 Å². The molecule has 0 bridgehead atoms. The van der Waals surface area contributed by atoms with E-state index < -0.39 is 0 Å². The summed E-state index contributed by atoms with van der Waals surface area (Å²) >= 11 is 0. The molecule has 17 heavy (non-hydrogen) atoms. The molecule has 0 saturated carbocycles. The maximum absolute atomic E-state index is 10.8. The number of rotatable bonds is 5. The van der Waals surface area contributed by atoms with Crippen LogP contribution in [0, 0.1) is 0 Å². The summed E-state index contributed by atoms with van der Waals surface area (Å²) in [4.78, 5) is 15.0. The fourth-order valence-electron chi connectivity index (χ4n) is 1.62. The highest BCUT2D eigenvalue weighted by Gasteiger charge is 2.16. The summed E-state index contributed by atoms with van der Waals surface area (Å²) in [5.74, 6) is 0.726. The number of aldehydes is 1. The van der Waals surface area contributed by atoms with Gasteiger partial charge in [0.15, 0.2) is 0 Å². The van der Waals surface area contributed by atoms with E-state index in [0.29, 0.717) is 13.2 Å². The molecule has 1 atom stereocenters. The van der Waals surface area contributed by atoms with Crippen LogP contribution in [0.2, 0.25) is 0 Å². The van der Waals surface area contributed by atoms with Crippen LogP contribution in [0.4, 0.5) is 5.69 Å². The average molecular weight is 234 g/mol. The van der Waals surface area contributed by atoms with Crippen LogP contribution >= 0.6 is 0 Å². The van der Waals surface area contributed by atoms with Crippen molar-refractivity contribution in [1.29, 1.82) is 0 Å². The van der Waals surface area contributed by atoms with E-state index in [0.717, 1.165) is 23.3 Å². The van der Waals surface area contributed by atoms with Gasteiger partial charge in [-0.1, -0.05) is 6.07 Å². The Balaban J connectivity index is 2.14. The smallest absolute Gasteiger partial charge is 0.146 e. The minimum absolute atomic E-state index is 0.324. The number of fused-ring (bicyclic) bond motifs is 1. The molecular formula is C12H14N2O3. The Bertz CT molecular complexity index is 432. The van der Waals surface area contributed by atoms with E-state index in [9.17, 15) is 4.79 Å². The van der Waals surface area contributed by atoms with Gasteiger partial charge in [0.05, 0.1) is 18.6 Å². The molecule has 0 radical (unpaired) electrons. The van der Waals surface area contributed by atoms with E-state index in [-0.39, 0.29) is 6.04 Å². The number of hydrogen-bond donors (Lipinski definition) is 1. The van der Waals surface area contributed by atoms with Crippen molar-refractivity contribution in [3.63, 3.8) is 0 Å². The minimum Gasteiger partial charge on any atom is -0.491 e. The van der Waals surface area contributed by atoms with Gasteiger partial charge in [0.2, 0.25) is 0 Å². The van der Waals surface area contributed by atoms with Gasteiger partial charge in [-0.05, 0) is 6.07 Å². The number of benzene rings is 1. The molecule has 0 amide bonds. The third-order valence-electron chi connectivity index (χ3n) is 2.49. The average Bonchev–Trinajstić information content (AvgIpc) is 2.38. The Morgan fingerprint density at radius 2 is 2.35 bits per heavy atom. The highest BCUT2D eigenvalue weighted by molar-refractivity contribution is 5.77. The lowest BCUT2D eigenvalue weighted by molar-refractivity contribution is -0.109. The standard InChI is InChI=1S/C12H14N2O3/c1-16-4-5-17-9-2-3-10-11(6-9)13-8-14-12(10)7-15/h2-3,6-8,12H,4-5H2,1H3,(H,13,14). The number of nitrogens with zero attached hydrogens (tertiary/aromatic N) is 1. The molecule has 1 aromatic carbocycles. The maximum Gasteiger partial charge on any atom is 0.146 e. The molecule has 0 saturated heterocycles. The van der Waals surface area contributed by atoms with Crippen LogP contribution in [-0.2, 0) is 9.53 Å². The van der Waals surface area contributed by atoms with Gasteiger partial charge in [0.1, 0.15) is 24.7 Å². The van der Waals surface area contributed by atoms with Gasteiger partial charge in [0.25, 0.3) is 0 Å². The summed E-state index contributed by atoms with van der Waals surface area (Å²) in [7, 11) is 1.63. The summed E-state index contributed by atoms with van der Waals surface area (Å²) in [6, 6.07) is 5.17. The number of methoxy groups -OCH3 is 1. The lowest BCUT2D eigenvalue weighted by Crippen LogP contribution is -2.23. The monoisotopic (exact) mass is 234 g/mol. The lowest BCUT2D eigenvalue weighted by Gasteiger charge is -2.18. The molecular weight excluding hydrogens is 220 g/mol. The van der Waals surface area contributed by atoms with Gasteiger partial charge in [-0.25, -0.2) is 4.99 Å². The molecule has 1 N–H and O–H groups in total. The molecule has 1 unspecified atom stereocenters. The quantitative estimate of drug-likeness (QED) is 0.614. The Kier molecular flexibility index (Phi) is 3.72. The minimum atomic E-state index is -0.324. The number of nitrogens with one attached hydrogen (secondary N) is 1. The predicted octanol–water partition coefficient (Wildman–Crippen LogP) is 1.21. The summed E-state index contributed by atoms with van der Waals surface area (Å²) in [5.41, 5.74) is 1.62. The van der Waals surface area contributed by atoms with Gasteiger partial charge in [-0.2, -0.15) is 0 Å². The molecule has 0 spiro atoms. The maximum atomic E-state index is 10.8. The Labute approximate surface area is 99.4 Å². The highest BCUT2D eigenvalue weighted by atomic mass is 16.5. The highest BCUT2D eigenvalue weighted by Crippen LogP contribution is 2.30. The lowest BCUT2D eigenvalue weighted by atomic mass is 10.0. The van der Waals surface area contributed by atoms with E-state index in [1.807, 2.05) is 18.2 Å². The topological polar surface area (TPSA) is 59.9 Å². The van der Waals surface area contributed by atoms with Crippen LogP contribution in [0.5, 0.6) is 5.75 Å². The first-order valence-corrected chi connectivity index (χ1v) is 5.34. The van der Waals surface area contributed by atoms with Gasteiger partial charge in [-0.3, -0.25) is 0 Å². The Hall–Kier alpha value is -1.88. The van der Waals surface area contributed by atoms with Gasteiger partial charge in [-0.15, -0.1) is 0 Å². The van der Waals surface area contributed by atoms with Crippen molar-refractivity contribution < 1.29 is 14.3 Å². The number of aliphatic imine (C=N–C) groups is 1. The van der Waals surface area contributed by atoms with Crippen LogP contribution in [-0.4, -0.2) is 32.9 Å². The molecule has 1 aromatic rings. The van der Waals surface area contributed by atoms with Crippen molar-refractivity contribution in [2.75, 3.05) is 20.3 Å². The fourth-order valence-corrected chi connectivity index (χ4v) is 1.62. The van der Waals surface area contributed by atoms with Crippen LogP contribution < -0.4 is 10.1 Å². The van der Waals surface area contributed by atoms with Crippen molar-refractivity contribution >= 4 is 18.3 Å². The third-order valence-corrected chi connectivity index (χ3v) is 2.49. The summed E-state index contributed by atoms with van der Waals surface area (Å²) < 4.78 is 10.4. The van der Waals surface area contributed by atoms with Crippen LogP contribution in [0.1, 0.15) is 11.6 Å². The molecule has 90 valence electrons. The van der Waals surface area contributed by atoms with Crippen LogP contribution in [0.15, 0.2) is 23.2 Å². The first kappa shape index (κ1) is 11.6. The second kappa shape index (κ2) is 5.45. The van der Waals surface area contributed by atoms with Crippen molar-refractivity contribution in [3.05, 3.63) is 23.8 Å². The first-order valence-electron chi connectivity index (χ1n) is 5.34. The molecule has 5 nitrogen and oxygen atoms in total. The Morgan fingerprint density at radius 1 is 1.47 bits per heavy atom. The number of carbonyl (C=O) groups excluding carboxylic acids is 1. The van der Waals surface area contributed by atoms with Gasteiger partial charge in [0, 0.05) is 18.7 Å². The van der Waals surface area contributed by atoms with Crippen molar-refractivity contribution in [2.24, 2.45) is 4.99 Å². The molecule has 0 aliphatic carbocycles. The molecule has 1 aliphatic rings. The zero-order valence-corrected chi connectivity index (χ0v) is 9.55. The molecule has 2 rings (SSSR count). The zero-order valence-electron chi connectivity index (χ0n) is 9.55. The third kappa shape index (κ3) is 2.62. The normalized spacial score (nSPS) is 17.1. The first-order chi connectivity index (χ1) is 8.35. The van der Waals surface area contributed by atoms with E-state index in [1.165, 1.54) is 6.34 Å². The second-order valence-corrected chi connectivity index (χ2v) is 3.60. The van der Waals surface area contributed by atoms with Crippen molar-refractivity contribution in [2.45, 2.75) is 6.04 Å². The van der Waals surface area contributed by atoms with Crippen molar-refractivity contribution in [1.82, 2.24) is 5.32 Å². The number of hydrogen-bond acceptors (Lipinski definition) is 5. The second-order valence-electron chi connectivity index (χ2n) is 3.60. The summed E-state index contributed by atoms with van der Waals surface area (Å²) in [6.45, 7) is 1.03. The van der Waals surface area contributed by atoms with E-state index in [1.54, 1.807) is 7.11 Å². The van der Waals surface area contributed by atoms with E-state index >= 15 is 0 Å². The van der Waals surface area contributed by atoms with E-state index in [2.05, 4.69) is 10.3 Å². The van der Waals surface area contributed by atoms with Gasteiger partial charge < -0.3 is 19.6 Å². The molecule has 1 heterocycles. The zero-order chi connectivity index (χ0) is 12.1. The predicted molar refractivity (Wildman–Crippen MR) is 63.9 cm³/mol. The number of carbonyl (C=O) groups is 1. The molecule has 0 fully saturated rings. The molecule has 0 aromatic heterocycles. The largest absolute Gasteiger partial charge is 0.491 e. The SMILES string of the molecule is COCCOc1ccc2c(c1)N=CNC2C=O. The van der Waals surface area contributed by atoms with Crippen LogP contribution in [0.25, 0.3) is 0 Å². The number of ether oxygens (including phenoxy) is 2.